The quantitative estimate of drug-likeness (QED) is 0.173. The van der Waals surface area contributed by atoms with Crippen LogP contribution in [0, 0.1) is 0 Å². The Hall–Kier alpha value is -8.93. The highest BCUT2D eigenvalue weighted by Gasteiger charge is 2.23. The average Bonchev–Trinajstić information content (AvgIpc) is 3.92. The lowest BCUT2D eigenvalue weighted by molar-refractivity contribution is 0.670. The van der Waals surface area contributed by atoms with Crippen molar-refractivity contribution in [3.63, 3.8) is 0 Å². The summed E-state index contributed by atoms with van der Waals surface area (Å²) < 4.78 is 9.31. The first-order chi connectivity index (χ1) is 32.7. The minimum atomic E-state index is 0.539. The van der Waals surface area contributed by atoms with E-state index in [9.17, 15) is 0 Å². The van der Waals surface area contributed by atoms with Crippen LogP contribution in [0.15, 0.2) is 223 Å². The van der Waals surface area contributed by atoms with Crippen molar-refractivity contribution in [1.82, 2.24) is 19.5 Å². The normalized spacial score (nSPS) is 11.9. The highest BCUT2D eigenvalue weighted by Crippen LogP contribution is 2.43. The van der Waals surface area contributed by atoms with Crippen molar-refractivity contribution in [1.29, 1.82) is 0 Å². The summed E-state index contributed by atoms with van der Waals surface area (Å²) in [7, 11) is 0. The third kappa shape index (κ3) is 5.70. The number of hydrogen-bond acceptors (Lipinski definition) is 4. The maximum absolute atomic E-state index is 6.88. The predicted molar refractivity (Wildman–Crippen MR) is 273 cm³/mol. The van der Waals surface area contributed by atoms with Crippen molar-refractivity contribution in [2.24, 2.45) is 0 Å². The molecule has 11 aromatic carbocycles. The zero-order valence-corrected chi connectivity index (χ0v) is 35.5. The first kappa shape index (κ1) is 36.5. The summed E-state index contributed by atoms with van der Waals surface area (Å²) in [6.07, 6.45) is 0. The van der Waals surface area contributed by atoms with Gasteiger partial charge in [0.1, 0.15) is 11.2 Å². The first-order valence-corrected chi connectivity index (χ1v) is 22.3. The Labute approximate surface area is 378 Å². The van der Waals surface area contributed by atoms with Crippen LogP contribution in [-0.4, -0.2) is 19.5 Å². The van der Waals surface area contributed by atoms with E-state index in [-0.39, 0.29) is 0 Å². The second kappa shape index (κ2) is 14.3. The molecule has 0 aliphatic heterocycles. The lowest BCUT2D eigenvalue weighted by Crippen LogP contribution is -2.01. The molecule has 0 unspecified atom stereocenters. The lowest BCUT2D eigenvalue weighted by Gasteiger charge is -2.14. The van der Waals surface area contributed by atoms with Gasteiger partial charge in [0.25, 0.3) is 0 Å². The third-order valence-electron chi connectivity index (χ3n) is 13.3. The van der Waals surface area contributed by atoms with E-state index in [2.05, 4.69) is 205 Å². The fourth-order valence-corrected chi connectivity index (χ4v) is 10.2. The van der Waals surface area contributed by atoms with Crippen molar-refractivity contribution in [2.75, 3.05) is 0 Å². The molecule has 0 bridgehead atoms. The topological polar surface area (TPSA) is 56.7 Å². The molecule has 14 rings (SSSR count). The molecule has 0 aliphatic rings. The van der Waals surface area contributed by atoms with Gasteiger partial charge in [-0.3, -0.25) is 0 Å². The van der Waals surface area contributed by atoms with E-state index in [1.54, 1.807) is 0 Å². The van der Waals surface area contributed by atoms with Crippen molar-refractivity contribution in [2.45, 2.75) is 0 Å². The molecule has 3 heterocycles. The minimum Gasteiger partial charge on any atom is -0.455 e. The second-order valence-electron chi connectivity index (χ2n) is 17.2. The number of para-hydroxylation sites is 1. The van der Waals surface area contributed by atoms with Gasteiger partial charge >= 0.3 is 0 Å². The Kier molecular flexibility index (Phi) is 7.91. The molecule has 0 N–H and O–H groups in total. The molecule has 0 saturated carbocycles. The number of furan rings is 1. The standard InChI is InChI=1S/C61H36N4O/c1-2-15-38(16-3-1)47-22-10-11-23-49(47)60-62-59(44-27-26-37-14-4-5-17-39(37)30-44)63-61(64-60)53-34-45-31-46(28-29-48(45)57-50-24-12-13-25-56(50)66-58(53)57)65-54-35-42-20-8-6-18-40(42)32-51(54)52-33-41-19-7-9-21-43(41)36-55(52)65/h1-36H. The Balaban J connectivity index is 1.06. The van der Waals surface area contributed by atoms with Crippen LogP contribution >= 0.6 is 0 Å². The van der Waals surface area contributed by atoms with Gasteiger partial charge in [-0.2, -0.15) is 0 Å². The van der Waals surface area contributed by atoms with Crippen molar-refractivity contribution >= 4 is 86.8 Å². The highest BCUT2D eigenvalue weighted by atomic mass is 16.3. The predicted octanol–water partition coefficient (Wildman–Crippen LogP) is 16.1. The summed E-state index contributed by atoms with van der Waals surface area (Å²) in [5, 5.41) is 13.8. The Morgan fingerprint density at radius 3 is 1.59 bits per heavy atom. The molecule has 66 heavy (non-hydrogen) atoms. The monoisotopic (exact) mass is 840 g/mol. The van der Waals surface area contributed by atoms with Crippen LogP contribution in [-0.2, 0) is 0 Å². The Bertz CT molecular complexity index is 4200. The molecule has 0 atom stereocenters. The number of hydrogen-bond donors (Lipinski definition) is 0. The molecule has 0 amide bonds. The summed E-state index contributed by atoms with van der Waals surface area (Å²) >= 11 is 0. The number of benzene rings is 11. The smallest absolute Gasteiger partial charge is 0.167 e. The molecule has 14 aromatic rings. The number of nitrogens with zero attached hydrogens (tertiary/aromatic N) is 4. The van der Waals surface area contributed by atoms with Crippen LogP contribution in [0.25, 0.3) is 138 Å². The van der Waals surface area contributed by atoms with Gasteiger partial charge in [-0.05, 0) is 109 Å². The second-order valence-corrected chi connectivity index (χ2v) is 17.2. The maximum Gasteiger partial charge on any atom is 0.167 e. The maximum atomic E-state index is 6.88. The van der Waals surface area contributed by atoms with Gasteiger partial charge in [0.15, 0.2) is 17.5 Å². The fraction of sp³-hybridized carbons (Fsp3) is 0. The highest BCUT2D eigenvalue weighted by molar-refractivity contribution is 6.23. The van der Waals surface area contributed by atoms with Crippen LogP contribution in [0.3, 0.4) is 0 Å². The summed E-state index contributed by atoms with van der Waals surface area (Å²) in [5.41, 5.74) is 9.70. The van der Waals surface area contributed by atoms with Crippen LogP contribution in [0.4, 0.5) is 0 Å². The van der Waals surface area contributed by atoms with Gasteiger partial charge < -0.3 is 8.98 Å². The zero-order chi connectivity index (χ0) is 43.3. The molecule has 5 heteroatoms. The van der Waals surface area contributed by atoms with Gasteiger partial charge in [0, 0.05) is 38.4 Å². The van der Waals surface area contributed by atoms with E-state index < -0.39 is 0 Å². The van der Waals surface area contributed by atoms with Crippen LogP contribution in [0.1, 0.15) is 0 Å². The van der Waals surface area contributed by atoms with E-state index in [0.29, 0.717) is 17.5 Å². The van der Waals surface area contributed by atoms with Crippen molar-refractivity contribution in [3.8, 4) is 51.0 Å². The average molecular weight is 841 g/mol. The van der Waals surface area contributed by atoms with Gasteiger partial charge in [-0.25, -0.2) is 15.0 Å². The fourth-order valence-electron chi connectivity index (χ4n) is 10.2. The largest absolute Gasteiger partial charge is 0.455 e. The zero-order valence-electron chi connectivity index (χ0n) is 35.5. The lowest BCUT2D eigenvalue weighted by atomic mass is 9.98. The van der Waals surface area contributed by atoms with E-state index >= 15 is 0 Å². The molecule has 0 fully saturated rings. The van der Waals surface area contributed by atoms with E-state index in [1.165, 1.54) is 32.3 Å². The molecular formula is C61H36N4O. The Morgan fingerprint density at radius 2 is 0.879 bits per heavy atom. The van der Waals surface area contributed by atoms with Crippen LogP contribution in [0.2, 0.25) is 0 Å². The summed E-state index contributed by atoms with van der Waals surface area (Å²) in [6, 6.07) is 77.6. The Morgan fingerprint density at radius 1 is 0.318 bits per heavy atom. The van der Waals surface area contributed by atoms with Crippen LogP contribution < -0.4 is 0 Å². The molecule has 3 aromatic heterocycles. The van der Waals surface area contributed by atoms with E-state index in [4.69, 9.17) is 19.4 Å². The SMILES string of the molecule is c1ccc(-c2ccccc2-c2nc(-c3ccc4ccccc4c3)nc(-c3cc4cc(-n5c6cc7ccccc7cc6c6cc7ccccc7cc65)ccc4c4c3oc3ccccc34)n2)cc1. The summed E-state index contributed by atoms with van der Waals surface area (Å²) in [6.45, 7) is 0. The molecule has 0 saturated heterocycles. The number of aromatic nitrogens is 4. The van der Waals surface area contributed by atoms with Gasteiger partial charge in [0.2, 0.25) is 0 Å². The third-order valence-corrected chi connectivity index (χ3v) is 13.3. The van der Waals surface area contributed by atoms with Crippen molar-refractivity contribution < 1.29 is 4.42 Å². The number of rotatable bonds is 5. The molecular weight excluding hydrogens is 805 g/mol. The minimum absolute atomic E-state index is 0.539. The van der Waals surface area contributed by atoms with E-state index in [1.807, 2.05) is 18.2 Å². The van der Waals surface area contributed by atoms with Gasteiger partial charge in [-0.1, -0.05) is 164 Å². The number of fused-ring (bicyclic) bond motifs is 11. The van der Waals surface area contributed by atoms with Gasteiger partial charge in [-0.15, -0.1) is 0 Å². The van der Waals surface area contributed by atoms with E-state index in [0.717, 1.165) is 88.0 Å². The van der Waals surface area contributed by atoms with Crippen molar-refractivity contribution in [3.05, 3.63) is 218 Å². The van der Waals surface area contributed by atoms with Gasteiger partial charge in [0.05, 0.1) is 16.6 Å². The summed E-state index contributed by atoms with van der Waals surface area (Å²) in [4.78, 5) is 16.0. The molecule has 0 aliphatic carbocycles. The van der Waals surface area contributed by atoms with Crippen LogP contribution in [0.5, 0.6) is 0 Å². The first-order valence-electron chi connectivity index (χ1n) is 22.3. The molecule has 0 radical (unpaired) electrons. The summed E-state index contributed by atoms with van der Waals surface area (Å²) in [5.74, 6) is 1.72. The molecule has 0 spiro atoms. The molecule has 5 nitrogen and oxygen atoms in total. The molecule has 306 valence electrons.